The molecule has 0 aromatic carbocycles. The molecule has 3 aliphatic rings. The second kappa shape index (κ2) is 1.52. The number of nitrogens with two attached hydrogens (primary N) is 1. The average molecular weight is 151 g/mol. The van der Waals surface area contributed by atoms with Gasteiger partial charge in [-0.2, -0.15) is 0 Å². The molecule has 0 aliphatic heterocycles. The van der Waals surface area contributed by atoms with Crippen molar-refractivity contribution in [3.63, 3.8) is 0 Å². The highest BCUT2D eigenvalue weighted by Crippen LogP contribution is 2.72. The largest absolute Gasteiger partial charge is 0.325 e. The molecule has 11 heavy (non-hydrogen) atoms. The van der Waals surface area contributed by atoms with Gasteiger partial charge in [-0.15, -0.1) is 0 Å². The highest BCUT2D eigenvalue weighted by molar-refractivity contribution is 5.16. The minimum Gasteiger partial charge on any atom is -0.325 e. The summed E-state index contributed by atoms with van der Waals surface area (Å²) in [4.78, 5) is 0. The smallest absolute Gasteiger partial charge is 0.0133 e. The lowest BCUT2D eigenvalue weighted by molar-refractivity contribution is 0.196. The van der Waals surface area contributed by atoms with E-state index in [1.54, 1.807) is 0 Å². The van der Waals surface area contributed by atoms with Crippen LogP contribution in [-0.4, -0.2) is 5.54 Å². The van der Waals surface area contributed by atoms with E-state index < -0.39 is 0 Å². The Morgan fingerprint density at radius 1 is 1.27 bits per heavy atom. The predicted octanol–water partition coefficient (Wildman–Crippen LogP) is 1.91. The molecule has 1 heteroatoms. The van der Waals surface area contributed by atoms with E-state index in [-0.39, 0.29) is 5.54 Å². The highest BCUT2D eigenvalue weighted by Gasteiger charge is 2.64. The second-order valence-electron chi connectivity index (χ2n) is 5.60. The van der Waals surface area contributed by atoms with E-state index in [0.29, 0.717) is 0 Å². The zero-order valence-corrected chi connectivity index (χ0v) is 7.27. The quantitative estimate of drug-likeness (QED) is 0.562. The summed E-state index contributed by atoms with van der Waals surface area (Å²) in [5, 5.41) is 0. The van der Waals surface area contributed by atoms with Crippen molar-refractivity contribution in [2.75, 3.05) is 0 Å². The molecule has 62 valence electrons. The van der Waals surface area contributed by atoms with Crippen molar-refractivity contribution in [3.8, 4) is 0 Å². The molecular formula is C10H17N. The van der Waals surface area contributed by atoms with E-state index >= 15 is 0 Å². The van der Waals surface area contributed by atoms with Crippen molar-refractivity contribution < 1.29 is 0 Å². The van der Waals surface area contributed by atoms with Gasteiger partial charge in [0, 0.05) is 5.54 Å². The standard InChI is InChI=1S/C10H17N/c1-9(11)3-7-2-8-5-10(8,4-7)6-9/h7-8H,2-6,11H2,1H3. The van der Waals surface area contributed by atoms with Gasteiger partial charge in [0.2, 0.25) is 0 Å². The fourth-order valence-electron chi connectivity index (χ4n) is 4.06. The Bertz CT molecular complexity index is 209. The number of fused-ring (bicyclic) bond motifs is 1. The third kappa shape index (κ3) is 0.752. The predicted molar refractivity (Wildman–Crippen MR) is 45.1 cm³/mol. The summed E-state index contributed by atoms with van der Waals surface area (Å²) >= 11 is 0. The Kier molecular flexibility index (Phi) is 0.893. The molecule has 4 atom stereocenters. The molecule has 3 rings (SSSR count). The van der Waals surface area contributed by atoms with E-state index in [1.807, 2.05) is 0 Å². The van der Waals surface area contributed by atoms with Crippen molar-refractivity contribution in [3.05, 3.63) is 0 Å². The van der Waals surface area contributed by atoms with Crippen molar-refractivity contribution in [2.24, 2.45) is 23.0 Å². The van der Waals surface area contributed by atoms with Gasteiger partial charge in [-0.05, 0) is 56.3 Å². The molecule has 1 nitrogen and oxygen atoms in total. The van der Waals surface area contributed by atoms with Crippen LogP contribution in [0.4, 0.5) is 0 Å². The monoisotopic (exact) mass is 151 g/mol. The van der Waals surface area contributed by atoms with E-state index in [0.717, 1.165) is 17.3 Å². The molecule has 0 radical (unpaired) electrons. The number of rotatable bonds is 0. The molecular weight excluding hydrogens is 134 g/mol. The van der Waals surface area contributed by atoms with Crippen molar-refractivity contribution in [1.82, 2.24) is 0 Å². The molecule has 3 fully saturated rings. The first-order valence-corrected chi connectivity index (χ1v) is 4.89. The van der Waals surface area contributed by atoms with Crippen LogP contribution >= 0.6 is 0 Å². The van der Waals surface area contributed by atoms with Crippen molar-refractivity contribution >= 4 is 0 Å². The molecule has 0 amide bonds. The molecule has 2 N–H and O–H groups in total. The highest BCUT2D eigenvalue weighted by atomic mass is 14.8. The van der Waals surface area contributed by atoms with E-state index in [2.05, 4.69) is 6.92 Å². The van der Waals surface area contributed by atoms with Gasteiger partial charge in [-0.25, -0.2) is 0 Å². The van der Waals surface area contributed by atoms with Gasteiger partial charge in [0.05, 0.1) is 0 Å². The summed E-state index contributed by atoms with van der Waals surface area (Å²) in [6.45, 7) is 2.25. The van der Waals surface area contributed by atoms with E-state index in [4.69, 9.17) is 5.73 Å². The maximum absolute atomic E-state index is 6.21. The van der Waals surface area contributed by atoms with Crippen LogP contribution < -0.4 is 5.73 Å². The Labute approximate surface area is 68.3 Å². The molecule has 0 heterocycles. The van der Waals surface area contributed by atoms with Gasteiger partial charge >= 0.3 is 0 Å². The van der Waals surface area contributed by atoms with Crippen LogP contribution in [0.15, 0.2) is 0 Å². The summed E-state index contributed by atoms with van der Waals surface area (Å²) in [6.07, 6.45) is 7.15. The van der Waals surface area contributed by atoms with Crippen LogP contribution in [0.2, 0.25) is 0 Å². The van der Waals surface area contributed by atoms with Gasteiger partial charge in [0.15, 0.2) is 0 Å². The van der Waals surface area contributed by atoms with Crippen LogP contribution in [0.1, 0.15) is 39.0 Å². The molecule has 2 bridgehead atoms. The van der Waals surface area contributed by atoms with E-state index in [9.17, 15) is 0 Å². The first-order chi connectivity index (χ1) is 5.10. The lowest BCUT2D eigenvalue weighted by Crippen LogP contribution is -2.43. The zero-order chi connectivity index (χ0) is 7.69. The Morgan fingerprint density at radius 2 is 2.09 bits per heavy atom. The Morgan fingerprint density at radius 3 is 2.82 bits per heavy atom. The van der Waals surface area contributed by atoms with Crippen LogP contribution in [0, 0.1) is 17.3 Å². The van der Waals surface area contributed by atoms with Crippen LogP contribution in [0.5, 0.6) is 0 Å². The fourth-order valence-corrected chi connectivity index (χ4v) is 4.06. The summed E-state index contributed by atoms with van der Waals surface area (Å²) in [6, 6.07) is 0. The molecule has 1 spiro atoms. The summed E-state index contributed by atoms with van der Waals surface area (Å²) in [7, 11) is 0. The van der Waals surface area contributed by atoms with Gasteiger partial charge in [0.25, 0.3) is 0 Å². The lowest BCUT2D eigenvalue weighted by atomic mass is 9.73. The van der Waals surface area contributed by atoms with Gasteiger partial charge in [-0.1, -0.05) is 0 Å². The summed E-state index contributed by atoms with van der Waals surface area (Å²) in [5.74, 6) is 2.09. The van der Waals surface area contributed by atoms with Gasteiger partial charge in [-0.3, -0.25) is 0 Å². The molecule has 0 aromatic heterocycles. The zero-order valence-electron chi connectivity index (χ0n) is 7.27. The second-order valence-corrected chi connectivity index (χ2v) is 5.60. The van der Waals surface area contributed by atoms with Crippen molar-refractivity contribution in [1.29, 1.82) is 0 Å². The third-order valence-electron chi connectivity index (χ3n) is 4.18. The Balaban J connectivity index is 1.93. The topological polar surface area (TPSA) is 26.0 Å². The third-order valence-corrected chi connectivity index (χ3v) is 4.18. The Hall–Kier alpha value is -0.0400. The summed E-state index contributed by atoms with van der Waals surface area (Å²) in [5.41, 5.74) is 7.17. The lowest BCUT2D eigenvalue weighted by Gasteiger charge is -2.37. The minimum atomic E-state index is 0.189. The fraction of sp³-hybridized carbons (Fsp3) is 1.00. The van der Waals surface area contributed by atoms with Crippen LogP contribution in [-0.2, 0) is 0 Å². The molecule has 4 unspecified atom stereocenters. The van der Waals surface area contributed by atoms with Crippen LogP contribution in [0.25, 0.3) is 0 Å². The molecule has 0 saturated heterocycles. The average Bonchev–Trinajstić information content (AvgIpc) is 2.30. The minimum absolute atomic E-state index is 0.189. The number of hydrogen-bond donors (Lipinski definition) is 1. The first kappa shape index (κ1) is 6.47. The number of hydrogen-bond acceptors (Lipinski definition) is 1. The summed E-state index contributed by atoms with van der Waals surface area (Å²) < 4.78 is 0. The molecule has 0 aromatic rings. The maximum atomic E-state index is 6.21. The van der Waals surface area contributed by atoms with E-state index in [1.165, 1.54) is 32.1 Å². The van der Waals surface area contributed by atoms with Gasteiger partial charge in [0.1, 0.15) is 0 Å². The van der Waals surface area contributed by atoms with Gasteiger partial charge < -0.3 is 5.73 Å². The van der Waals surface area contributed by atoms with Crippen LogP contribution in [0.3, 0.4) is 0 Å². The van der Waals surface area contributed by atoms with Crippen molar-refractivity contribution in [2.45, 2.75) is 44.6 Å². The SMILES string of the molecule is CC1(N)CC2CC3CC3(C2)C1. The first-order valence-electron chi connectivity index (χ1n) is 4.89. The normalized spacial score (nSPS) is 66.0. The molecule has 3 saturated carbocycles. The maximum Gasteiger partial charge on any atom is 0.0133 e. The molecule has 3 aliphatic carbocycles.